The minimum absolute atomic E-state index is 0.482. The quantitative estimate of drug-likeness (QED) is 0.163. The molecule has 14 rings (SSSR count). The van der Waals surface area contributed by atoms with Gasteiger partial charge < -0.3 is 8.98 Å². The molecule has 0 saturated heterocycles. The Morgan fingerprint density at radius 3 is 1.61 bits per heavy atom. The lowest BCUT2D eigenvalue weighted by Crippen LogP contribution is -2.26. The predicted octanol–water partition coefficient (Wildman–Crippen LogP) is 14.4. The van der Waals surface area contributed by atoms with E-state index in [2.05, 4.69) is 193 Å². The van der Waals surface area contributed by atoms with Gasteiger partial charge in [-0.1, -0.05) is 146 Å². The molecule has 0 atom stereocenters. The van der Waals surface area contributed by atoms with Crippen molar-refractivity contribution >= 4 is 65.3 Å². The Balaban J connectivity index is 1.09. The van der Waals surface area contributed by atoms with E-state index in [-0.39, 0.29) is 0 Å². The van der Waals surface area contributed by atoms with Crippen LogP contribution in [0.15, 0.2) is 192 Å². The van der Waals surface area contributed by atoms with Gasteiger partial charge in [-0.2, -0.15) is 0 Å². The number of hydrogen-bond donors (Lipinski definition) is 0. The number of benzene rings is 10. The minimum Gasteiger partial charge on any atom is -0.456 e. The summed E-state index contributed by atoms with van der Waals surface area (Å²) in [6, 6.07) is 70.2. The molecule has 2 aliphatic rings. The highest BCUT2D eigenvalue weighted by molar-refractivity contribution is 6.33. The Bertz CT molecular complexity index is 3610. The van der Waals surface area contributed by atoms with Gasteiger partial charge >= 0.3 is 0 Å². The molecule has 12 aromatic rings. The van der Waals surface area contributed by atoms with E-state index in [0.717, 1.165) is 11.2 Å². The van der Waals surface area contributed by atoms with Crippen LogP contribution in [0.5, 0.6) is 0 Å². The van der Waals surface area contributed by atoms with Gasteiger partial charge in [-0.3, -0.25) is 0 Å². The van der Waals surface area contributed by atoms with Gasteiger partial charge in [0.25, 0.3) is 0 Å². The molecule has 0 aliphatic heterocycles. The summed E-state index contributed by atoms with van der Waals surface area (Å²) in [6.45, 7) is 0. The van der Waals surface area contributed by atoms with Crippen molar-refractivity contribution in [2.24, 2.45) is 0 Å². The molecule has 2 heterocycles. The second kappa shape index (κ2) is 10.5. The van der Waals surface area contributed by atoms with E-state index in [0.29, 0.717) is 0 Å². The maximum absolute atomic E-state index is 6.39. The first kappa shape index (κ1) is 29.9. The van der Waals surface area contributed by atoms with Crippen molar-refractivity contribution in [1.29, 1.82) is 0 Å². The molecule has 0 N–H and O–H groups in total. The van der Waals surface area contributed by atoms with E-state index < -0.39 is 5.41 Å². The molecule has 2 nitrogen and oxygen atoms in total. The first-order valence-electron chi connectivity index (χ1n) is 19.8. The summed E-state index contributed by atoms with van der Waals surface area (Å²) < 4.78 is 8.86. The molecule has 0 saturated carbocycles. The van der Waals surface area contributed by atoms with Crippen molar-refractivity contribution in [3.8, 4) is 39.1 Å². The maximum Gasteiger partial charge on any atom is 0.136 e. The summed E-state index contributed by atoms with van der Waals surface area (Å²) in [4.78, 5) is 0. The van der Waals surface area contributed by atoms with Crippen LogP contribution in [0, 0.1) is 0 Å². The largest absolute Gasteiger partial charge is 0.456 e. The van der Waals surface area contributed by atoms with Crippen LogP contribution in [0.3, 0.4) is 0 Å². The first-order valence-corrected chi connectivity index (χ1v) is 19.8. The molecule has 0 unspecified atom stereocenters. The number of furan rings is 1. The number of rotatable bonds is 2. The second-order valence-corrected chi connectivity index (χ2v) is 15.9. The first-order chi connectivity index (χ1) is 28.3. The monoisotopic (exact) mass is 721 g/mol. The van der Waals surface area contributed by atoms with Crippen LogP contribution in [0.25, 0.3) is 104 Å². The molecular weight excluding hydrogens is 691 g/mol. The molecule has 262 valence electrons. The number of para-hydroxylation sites is 2. The topological polar surface area (TPSA) is 18.1 Å². The van der Waals surface area contributed by atoms with Crippen LogP contribution >= 0.6 is 0 Å². The number of aromatic nitrogens is 1. The third kappa shape index (κ3) is 3.54. The summed E-state index contributed by atoms with van der Waals surface area (Å²) in [6.07, 6.45) is 0. The highest BCUT2D eigenvalue weighted by Crippen LogP contribution is 2.64. The van der Waals surface area contributed by atoms with Gasteiger partial charge in [0, 0.05) is 27.2 Å². The molecule has 0 fully saturated rings. The highest BCUT2D eigenvalue weighted by Gasteiger charge is 2.52. The highest BCUT2D eigenvalue weighted by atomic mass is 16.3. The molecule has 0 bridgehead atoms. The summed E-state index contributed by atoms with van der Waals surface area (Å²) in [7, 11) is 0. The van der Waals surface area contributed by atoms with E-state index in [1.54, 1.807) is 0 Å². The SMILES string of the molecule is c1ccc2c(c1)-c1ccccc1C21c2cc(-n3c4ccccc4c4ccccc43)ccc2-c2c(-c3ccc4c(c3)c3cccc5oc6cccc4c6c53)cccc21. The second-order valence-electron chi connectivity index (χ2n) is 15.9. The van der Waals surface area contributed by atoms with Crippen LogP contribution in [0.4, 0.5) is 0 Å². The fourth-order valence-electron chi connectivity index (χ4n) is 11.2. The lowest BCUT2D eigenvalue weighted by Gasteiger charge is -2.31. The summed E-state index contributed by atoms with van der Waals surface area (Å²) >= 11 is 0. The summed E-state index contributed by atoms with van der Waals surface area (Å²) in [5, 5.41) is 9.96. The van der Waals surface area contributed by atoms with Crippen LogP contribution < -0.4 is 0 Å². The third-order valence-corrected chi connectivity index (χ3v) is 13.4. The fraction of sp³-hybridized carbons (Fsp3) is 0.0182. The molecule has 0 amide bonds. The van der Waals surface area contributed by atoms with E-state index in [1.165, 1.54) is 115 Å². The smallest absolute Gasteiger partial charge is 0.136 e. The number of nitrogens with zero attached hydrogens (tertiary/aromatic N) is 1. The predicted molar refractivity (Wildman–Crippen MR) is 236 cm³/mol. The summed E-state index contributed by atoms with van der Waals surface area (Å²) in [5.41, 5.74) is 18.1. The standard InChI is InChI=1S/C55H31NO/c1-5-19-44-36(12-1)37-13-2-6-20-45(37)55(44)46-21-9-16-34(32-26-28-35-40-17-10-24-50-53(40)54-41(43(35)30-32)18-11-25-51(54)57-50)52(46)42-29-27-33(31-47(42)55)56-48-22-7-3-14-38(48)39-15-4-8-23-49(39)56/h1-31H. The average molecular weight is 722 g/mol. The van der Waals surface area contributed by atoms with E-state index in [1.807, 2.05) is 0 Å². The molecule has 0 radical (unpaired) electrons. The van der Waals surface area contributed by atoms with Crippen LogP contribution in [0.2, 0.25) is 0 Å². The Labute approximate surface area is 327 Å². The van der Waals surface area contributed by atoms with Crippen molar-refractivity contribution in [1.82, 2.24) is 4.57 Å². The van der Waals surface area contributed by atoms with E-state index in [9.17, 15) is 0 Å². The van der Waals surface area contributed by atoms with Gasteiger partial charge in [-0.05, 0) is 120 Å². The van der Waals surface area contributed by atoms with Crippen LogP contribution in [-0.2, 0) is 5.41 Å². The molecular formula is C55H31NO. The molecule has 1 spiro atoms. The van der Waals surface area contributed by atoms with E-state index >= 15 is 0 Å². The van der Waals surface area contributed by atoms with Crippen LogP contribution in [-0.4, -0.2) is 4.57 Å². The number of fused-ring (bicyclic) bond motifs is 16. The zero-order valence-electron chi connectivity index (χ0n) is 30.8. The Hall–Kier alpha value is -7.42. The zero-order chi connectivity index (χ0) is 37.0. The maximum atomic E-state index is 6.39. The third-order valence-electron chi connectivity index (χ3n) is 13.4. The summed E-state index contributed by atoms with van der Waals surface area (Å²) in [5.74, 6) is 0. The van der Waals surface area contributed by atoms with Gasteiger partial charge in [0.05, 0.1) is 16.4 Å². The Morgan fingerprint density at radius 2 is 0.912 bits per heavy atom. The van der Waals surface area contributed by atoms with Crippen molar-refractivity contribution in [3.63, 3.8) is 0 Å². The average Bonchev–Trinajstić information content (AvgIpc) is 4.00. The molecule has 2 aromatic heterocycles. The Kier molecular flexibility index (Phi) is 5.48. The van der Waals surface area contributed by atoms with Gasteiger partial charge in [-0.25, -0.2) is 0 Å². The van der Waals surface area contributed by atoms with Crippen molar-refractivity contribution in [2.45, 2.75) is 5.41 Å². The molecule has 2 heteroatoms. The molecule has 10 aromatic carbocycles. The van der Waals surface area contributed by atoms with Gasteiger partial charge in [0.2, 0.25) is 0 Å². The van der Waals surface area contributed by atoms with Gasteiger partial charge in [0.15, 0.2) is 0 Å². The van der Waals surface area contributed by atoms with Crippen molar-refractivity contribution in [3.05, 3.63) is 210 Å². The van der Waals surface area contributed by atoms with Crippen molar-refractivity contribution in [2.75, 3.05) is 0 Å². The molecule has 2 aliphatic carbocycles. The van der Waals surface area contributed by atoms with Gasteiger partial charge in [0.1, 0.15) is 11.2 Å². The molecule has 57 heavy (non-hydrogen) atoms. The number of hydrogen-bond acceptors (Lipinski definition) is 1. The lowest BCUT2D eigenvalue weighted by atomic mass is 9.70. The zero-order valence-corrected chi connectivity index (χ0v) is 30.8. The van der Waals surface area contributed by atoms with Crippen molar-refractivity contribution < 1.29 is 4.42 Å². The van der Waals surface area contributed by atoms with Crippen LogP contribution in [0.1, 0.15) is 22.3 Å². The fourth-order valence-corrected chi connectivity index (χ4v) is 11.2. The lowest BCUT2D eigenvalue weighted by molar-refractivity contribution is 0.669. The Morgan fingerprint density at radius 1 is 0.351 bits per heavy atom. The minimum atomic E-state index is -0.482. The van der Waals surface area contributed by atoms with Gasteiger partial charge in [-0.15, -0.1) is 0 Å². The van der Waals surface area contributed by atoms with E-state index in [4.69, 9.17) is 4.42 Å². The normalized spacial score (nSPS) is 13.8.